The molecule has 0 spiro atoms. The topological polar surface area (TPSA) is 47.4 Å². The zero-order chi connectivity index (χ0) is 16.9. The summed E-state index contributed by atoms with van der Waals surface area (Å²) in [7, 11) is 2.12. The Labute approximate surface area is 147 Å². The smallest absolute Gasteiger partial charge is 0.359 e. The predicted octanol–water partition coefficient (Wildman–Crippen LogP) is 2.99. The Kier molecular flexibility index (Phi) is 5.58. The van der Waals surface area contributed by atoms with Crippen molar-refractivity contribution < 1.29 is 9.53 Å². The van der Waals surface area contributed by atoms with Crippen LogP contribution in [0, 0.1) is 0 Å². The van der Waals surface area contributed by atoms with Crippen LogP contribution in [0.3, 0.4) is 0 Å². The molecule has 1 aliphatic rings. The summed E-state index contributed by atoms with van der Waals surface area (Å²) < 4.78 is 6.95. The third kappa shape index (κ3) is 3.82. The number of carbonyl (C=O) groups excluding carboxylic acids is 1. The van der Waals surface area contributed by atoms with Crippen LogP contribution in [0.15, 0.2) is 36.5 Å². The van der Waals surface area contributed by atoms with E-state index in [-0.39, 0.29) is 5.97 Å². The summed E-state index contributed by atoms with van der Waals surface area (Å²) in [6.07, 6.45) is 3.14. The van der Waals surface area contributed by atoms with Crippen LogP contribution in [0.5, 0.6) is 0 Å². The van der Waals surface area contributed by atoms with Gasteiger partial charge in [0.05, 0.1) is 12.3 Å². The van der Waals surface area contributed by atoms with Gasteiger partial charge < -0.3 is 4.74 Å². The van der Waals surface area contributed by atoms with E-state index in [9.17, 15) is 4.79 Å². The van der Waals surface area contributed by atoms with Gasteiger partial charge in [0.25, 0.3) is 0 Å². The molecule has 0 saturated carbocycles. The predicted molar refractivity (Wildman–Crippen MR) is 96.7 cm³/mol. The number of esters is 1. The maximum absolute atomic E-state index is 12.3. The largest absolute Gasteiger partial charge is 0.461 e. The van der Waals surface area contributed by atoms with E-state index in [4.69, 9.17) is 4.74 Å². The standard InChI is InChI=1S/C18H23N3O2S/c1-3-23-18(22)17-14(11-20(2)16-9-10-24-13-16)12-21(19-17)15-7-5-4-6-8-15/h4-8,12,16H,3,9-11,13H2,1-2H3/t16-/m1/s1. The van der Waals surface area contributed by atoms with Crippen molar-refractivity contribution >= 4 is 17.7 Å². The number of benzene rings is 1. The molecule has 2 heterocycles. The third-order valence-corrected chi connectivity index (χ3v) is 5.37. The lowest BCUT2D eigenvalue weighted by Crippen LogP contribution is -2.31. The van der Waals surface area contributed by atoms with Crippen molar-refractivity contribution in [2.75, 3.05) is 25.2 Å². The molecule has 1 saturated heterocycles. The Morgan fingerprint density at radius 2 is 2.21 bits per heavy atom. The van der Waals surface area contributed by atoms with Gasteiger partial charge in [0.15, 0.2) is 5.69 Å². The molecular formula is C18H23N3O2S. The fourth-order valence-corrected chi connectivity index (χ4v) is 4.18. The zero-order valence-electron chi connectivity index (χ0n) is 14.1. The second-order valence-electron chi connectivity index (χ2n) is 5.94. The summed E-state index contributed by atoms with van der Waals surface area (Å²) in [6.45, 7) is 2.87. The van der Waals surface area contributed by atoms with E-state index in [2.05, 4.69) is 17.0 Å². The van der Waals surface area contributed by atoms with Gasteiger partial charge in [-0.3, -0.25) is 4.90 Å². The quantitative estimate of drug-likeness (QED) is 0.753. The van der Waals surface area contributed by atoms with Gasteiger partial charge >= 0.3 is 5.97 Å². The number of para-hydroxylation sites is 1. The SMILES string of the molecule is CCOC(=O)c1nn(-c2ccccc2)cc1CN(C)[C@@H]1CCSC1. The molecule has 0 aliphatic carbocycles. The summed E-state index contributed by atoms with van der Waals surface area (Å²) in [5, 5.41) is 4.49. The van der Waals surface area contributed by atoms with E-state index in [1.165, 1.54) is 12.2 Å². The molecule has 3 rings (SSSR count). The summed E-state index contributed by atoms with van der Waals surface area (Å²) in [5.74, 6) is 2.01. The Bertz CT molecular complexity index is 681. The molecule has 0 unspecified atom stereocenters. The molecule has 0 amide bonds. The zero-order valence-corrected chi connectivity index (χ0v) is 15.0. The van der Waals surface area contributed by atoms with Gasteiger partial charge in [-0.25, -0.2) is 9.48 Å². The van der Waals surface area contributed by atoms with Crippen molar-refractivity contribution in [1.82, 2.24) is 14.7 Å². The second-order valence-corrected chi connectivity index (χ2v) is 7.09. The van der Waals surface area contributed by atoms with Crippen molar-refractivity contribution in [3.05, 3.63) is 47.8 Å². The van der Waals surface area contributed by atoms with Crippen molar-refractivity contribution in [2.24, 2.45) is 0 Å². The van der Waals surface area contributed by atoms with Crippen LogP contribution in [0.1, 0.15) is 29.4 Å². The van der Waals surface area contributed by atoms with Crippen LogP contribution in [0.2, 0.25) is 0 Å². The molecule has 6 heteroatoms. The molecule has 0 N–H and O–H groups in total. The van der Waals surface area contributed by atoms with Gasteiger partial charge in [0.1, 0.15) is 0 Å². The highest BCUT2D eigenvalue weighted by atomic mass is 32.2. The van der Waals surface area contributed by atoms with Crippen LogP contribution in [-0.4, -0.2) is 51.9 Å². The van der Waals surface area contributed by atoms with Gasteiger partial charge in [-0.1, -0.05) is 18.2 Å². The number of hydrogen-bond acceptors (Lipinski definition) is 5. The van der Waals surface area contributed by atoms with Crippen LogP contribution in [-0.2, 0) is 11.3 Å². The first-order valence-corrected chi connectivity index (χ1v) is 9.43. The van der Waals surface area contributed by atoms with E-state index in [1.54, 1.807) is 4.68 Å². The highest BCUT2D eigenvalue weighted by Crippen LogP contribution is 2.24. The molecule has 1 fully saturated rings. The maximum Gasteiger partial charge on any atom is 0.359 e. The Morgan fingerprint density at radius 1 is 1.42 bits per heavy atom. The lowest BCUT2D eigenvalue weighted by Gasteiger charge is -2.22. The van der Waals surface area contributed by atoms with Crippen LogP contribution >= 0.6 is 11.8 Å². The van der Waals surface area contributed by atoms with E-state index >= 15 is 0 Å². The number of rotatable bonds is 6. The molecule has 5 nitrogen and oxygen atoms in total. The Morgan fingerprint density at radius 3 is 2.88 bits per heavy atom. The summed E-state index contributed by atoms with van der Waals surface area (Å²) in [5.41, 5.74) is 2.27. The fourth-order valence-electron chi connectivity index (χ4n) is 2.88. The van der Waals surface area contributed by atoms with Crippen LogP contribution in [0.25, 0.3) is 5.69 Å². The van der Waals surface area contributed by atoms with Gasteiger partial charge in [0.2, 0.25) is 0 Å². The summed E-state index contributed by atoms with van der Waals surface area (Å²) in [6, 6.07) is 10.4. The summed E-state index contributed by atoms with van der Waals surface area (Å²) in [4.78, 5) is 14.6. The minimum atomic E-state index is -0.351. The van der Waals surface area contributed by atoms with E-state index in [0.717, 1.165) is 17.0 Å². The average Bonchev–Trinajstić information content (AvgIpc) is 3.26. The molecule has 1 aromatic heterocycles. The van der Waals surface area contributed by atoms with E-state index < -0.39 is 0 Å². The van der Waals surface area contributed by atoms with Crippen molar-refractivity contribution in [2.45, 2.75) is 25.9 Å². The Hall–Kier alpha value is -1.79. The van der Waals surface area contributed by atoms with Crippen LogP contribution in [0.4, 0.5) is 0 Å². The van der Waals surface area contributed by atoms with Gasteiger partial charge in [-0.15, -0.1) is 0 Å². The van der Waals surface area contributed by atoms with Gasteiger partial charge in [-0.05, 0) is 38.3 Å². The number of hydrogen-bond donors (Lipinski definition) is 0. The molecule has 24 heavy (non-hydrogen) atoms. The van der Waals surface area contributed by atoms with Gasteiger partial charge in [0, 0.05) is 30.1 Å². The number of carbonyl (C=O) groups is 1. The molecule has 0 bridgehead atoms. The van der Waals surface area contributed by atoms with E-state index in [0.29, 0.717) is 24.9 Å². The first-order valence-electron chi connectivity index (χ1n) is 8.28. The minimum Gasteiger partial charge on any atom is -0.461 e. The first-order chi connectivity index (χ1) is 11.7. The molecule has 1 aliphatic heterocycles. The first kappa shape index (κ1) is 17.0. The molecule has 1 atom stereocenters. The highest BCUT2D eigenvalue weighted by molar-refractivity contribution is 7.99. The van der Waals surface area contributed by atoms with Crippen LogP contribution < -0.4 is 0 Å². The number of aromatic nitrogens is 2. The van der Waals surface area contributed by atoms with Crippen molar-refractivity contribution in [1.29, 1.82) is 0 Å². The fraction of sp³-hybridized carbons (Fsp3) is 0.444. The van der Waals surface area contributed by atoms with E-state index in [1.807, 2.05) is 55.2 Å². The Balaban J connectivity index is 1.87. The summed E-state index contributed by atoms with van der Waals surface area (Å²) >= 11 is 1.99. The minimum absolute atomic E-state index is 0.351. The average molecular weight is 345 g/mol. The normalized spacial score (nSPS) is 17.4. The molecule has 2 aromatic rings. The highest BCUT2D eigenvalue weighted by Gasteiger charge is 2.24. The number of ether oxygens (including phenoxy) is 1. The number of nitrogens with zero attached hydrogens (tertiary/aromatic N) is 3. The third-order valence-electron chi connectivity index (χ3n) is 4.23. The molecule has 128 valence electrons. The maximum atomic E-state index is 12.3. The lowest BCUT2D eigenvalue weighted by molar-refractivity contribution is 0.0516. The lowest BCUT2D eigenvalue weighted by atomic mass is 10.2. The van der Waals surface area contributed by atoms with Crippen molar-refractivity contribution in [3.8, 4) is 5.69 Å². The number of thioether (sulfide) groups is 1. The molecular weight excluding hydrogens is 322 g/mol. The monoisotopic (exact) mass is 345 g/mol. The molecule has 0 radical (unpaired) electrons. The van der Waals surface area contributed by atoms with Crippen molar-refractivity contribution in [3.63, 3.8) is 0 Å². The van der Waals surface area contributed by atoms with Gasteiger partial charge in [-0.2, -0.15) is 16.9 Å². The molecule has 1 aromatic carbocycles. The second kappa shape index (κ2) is 7.85.